The van der Waals surface area contributed by atoms with Gasteiger partial charge in [-0.25, -0.2) is 0 Å². The summed E-state index contributed by atoms with van der Waals surface area (Å²) in [6.45, 7) is 2.28. The van der Waals surface area contributed by atoms with Crippen LogP contribution in [0, 0.1) is 0 Å². The van der Waals surface area contributed by atoms with Crippen LogP contribution in [-0.2, 0) is 4.79 Å². The second-order valence-electron chi connectivity index (χ2n) is 9.26. The minimum Gasteiger partial charge on any atom is -0.481 e. The normalized spacial score (nSPS) is 11.5. The topological polar surface area (TPSA) is 37.3 Å². The van der Waals surface area contributed by atoms with Gasteiger partial charge in [0, 0.05) is 6.42 Å². The quantitative estimate of drug-likeness (QED) is 0.117. The lowest BCUT2D eigenvalue weighted by Gasteiger charge is -2.03. The number of hydrogen-bond acceptors (Lipinski definition) is 1. The molecule has 1 N–H and O–H groups in total. The number of allylic oxidation sites excluding steroid dienone is 2. The first kappa shape index (κ1) is 29.2. The molecule has 0 aromatic heterocycles. The molecule has 178 valence electrons. The molecule has 0 amide bonds. The minimum absolute atomic E-state index is 0.343. The van der Waals surface area contributed by atoms with Crippen LogP contribution in [0.15, 0.2) is 12.2 Å². The van der Waals surface area contributed by atoms with Gasteiger partial charge in [0.25, 0.3) is 0 Å². The summed E-state index contributed by atoms with van der Waals surface area (Å²) in [7, 11) is 0. The molecule has 0 aliphatic heterocycles. The first-order chi connectivity index (χ1) is 14.8. The zero-order valence-corrected chi connectivity index (χ0v) is 20.5. The summed E-state index contributed by atoms with van der Waals surface area (Å²) in [5, 5.41) is 8.59. The smallest absolute Gasteiger partial charge is 0.303 e. The van der Waals surface area contributed by atoms with E-state index in [1.807, 2.05) is 0 Å². The van der Waals surface area contributed by atoms with Gasteiger partial charge in [0.05, 0.1) is 0 Å². The molecule has 0 aliphatic rings. The van der Waals surface area contributed by atoms with Crippen molar-refractivity contribution in [2.45, 2.75) is 161 Å². The third-order valence-electron chi connectivity index (χ3n) is 6.15. The Morgan fingerprint density at radius 1 is 0.500 bits per heavy atom. The summed E-state index contributed by atoms with van der Waals surface area (Å²) in [5.74, 6) is -0.652. The molecule has 30 heavy (non-hydrogen) atoms. The van der Waals surface area contributed by atoms with Crippen LogP contribution in [0.5, 0.6) is 0 Å². The van der Waals surface area contributed by atoms with Gasteiger partial charge < -0.3 is 5.11 Å². The third kappa shape index (κ3) is 27.2. The van der Waals surface area contributed by atoms with Crippen molar-refractivity contribution in [3.8, 4) is 0 Å². The van der Waals surface area contributed by atoms with Crippen LogP contribution < -0.4 is 0 Å². The van der Waals surface area contributed by atoms with Crippen LogP contribution in [0.1, 0.15) is 161 Å². The second-order valence-corrected chi connectivity index (χ2v) is 9.26. The van der Waals surface area contributed by atoms with Crippen molar-refractivity contribution in [1.82, 2.24) is 0 Å². The lowest BCUT2D eigenvalue weighted by molar-refractivity contribution is -0.137. The Bertz CT molecular complexity index is 362. The minimum atomic E-state index is -0.652. The molecule has 0 aromatic carbocycles. The standard InChI is InChI=1S/C28H54O2/c1-2-3-4-5-6-7-8-9-10-11-12-13-14-15-16-17-18-19-20-21-22-23-24-25-26-27-28(29)30/h10-11H,2-9,12-27H2,1H3,(H,29,30). The van der Waals surface area contributed by atoms with E-state index in [1.54, 1.807) is 0 Å². The Kier molecular flexibility index (Phi) is 25.6. The second kappa shape index (κ2) is 26.2. The molecule has 0 saturated heterocycles. The molecule has 0 bridgehead atoms. The molecule has 0 aliphatic carbocycles. The summed E-state index contributed by atoms with van der Waals surface area (Å²) < 4.78 is 0. The number of carboxylic acids is 1. The largest absolute Gasteiger partial charge is 0.481 e. The SMILES string of the molecule is CCCCCCCCCC=CCCCCCCCCCCCCCCCCC(=O)O. The molecule has 0 saturated carbocycles. The maximum absolute atomic E-state index is 10.4. The van der Waals surface area contributed by atoms with E-state index in [2.05, 4.69) is 19.1 Å². The summed E-state index contributed by atoms with van der Waals surface area (Å²) in [4.78, 5) is 10.4. The van der Waals surface area contributed by atoms with E-state index in [0.29, 0.717) is 6.42 Å². The van der Waals surface area contributed by atoms with Crippen molar-refractivity contribution in [3.63, 3.8) is 0 Å². The highest BCUT2D eigenvalue weighted by Gasteiger charge is 1.97. The Hall–Kier alpha value is -0.790. The van der Waals surface area contributed by atoms with Crippen molar-refractivity contribution in [2.75, 3.05) is 0 Å². The van der Waals surface area contributed by atoms with Crippen LogP contribution in [0.3, 0.4) is 0 Å². The van der Waals surface area contributed by atoms with Crippen molar-refractivity contribution in [1.29, 1.82) is 0 Å². The number of unbranched alkanes of at least 4 members (excludes halogenated alkanes) is 21. The maximum atomic E-state index is 10.4. The van der Waals surface area contributed by atoms with Crippen LogP contribution in [0.2, 0.25) is 0 Å². The average molecular weight is 423 g/mol. The molecule has 0 rings (SSSR count). The number of carboxylic acid groups (broad SMARTS) is 1. The van der Waals surface area contributed by atoms with E-state index < -0.39 is 5.97 Å². The van der Waals surface area contributed by atoms with Crippen LogP contribution in [-0.4, -0.2) is 11.1 Å². The van der Waals surface area contributed by atoms with Gasteiger partial charge in [0.1, 0.15) is 0 Å². The predicted molar refractivity (Wildman–Crippen MR) is 133 cm³/mol. The molecule has 0 spiro atoms. The highest BCUT2D eigenvalue weighted by molar-refractivity contribution is 5.66. The van der Waals surface area contributed by atoms with E-state index in [1.165, 1.54) is 135 Å². The van der Waals surface area contributed by atoms with Gasteiger partial charge in [0.15, 0.2) is 0 Å². The Balaban J connectivity index is 3.07. The number of rotatable bonds is 25. The van der Waals surface area contributed by atoms with Crippen LogP contribution in [0.25, 0.3) is 0 Å². The summed E-state index contributed by atoms with van der Waals surface area (Å²) >= 11 is 0. The number of aliphatic carboxylic acids is 1. The summed E-state index contributed by atoms with van der Waals surface area (Å²) in [6.07, 6.45) is 36.0. The molecular formula is C28H54O2. The van der Waals surface area contributed by atoms with Crippen molar-refractivity contribution < 1.29 is 9.90 Å². The summed E-state index contributed by atoms with van der Waals surface area (Å²) in [6, 6.07) is 0. The fourth-order valence-corrected chi connectivity index (χ4v) is 4.11. The average Bonchev–Trinajstić information content (AvgIpc) is 2.73. The van der Waals surface area contributed by atoms with E-state index in [9.17, 15) is 4.79 Å². The summed E-state index contributed by atoms with van der Waals surface area (Å²) in [5.41, 5.74) is 0. The van der Waals surface area contributed by atoms with Gasteiger partial charge in [0.2, 0.25) is 0 Å². The number of carbonyl (C=O) groups is 1. The highest BCUT2D eigenvalue weighted by Crippen LogP contribution is 2.14. The number of hydrogen-bond donors (Lipinski definition) is 1. The predicted octanol–water partition coefficient (Wildman–Crippen LogP) is 10.0. The fraction of sp³-hybridized carbons (Fsp3) is 0.893. The Labute approximate surface area is 189 Å². The molecule has 0 aromatic rings. The Morgan fingerprint density at radius 3 is 1.13 bits per heavy atom. The van der Waals surface area contributed by atoms with Gasteiger partial charge in [-0.1, -0.05) is 135 Å². The molecule has 0 radical (unpaired) electrons. The lowest BCUT2D eigenvalue weighted by atomic mass is 10.0. The van der Waals surface area contributed by atoms with E-state index in [-0.39, 0.29) is 0 Å². The first-order valence-corrected chi connectivity index (χ1v) is 13.6. The molecule has 0 fully saturated rings. The molecule has 2 nitrogen and oxygen atoms in total. The van der Waals surface area contributed by atoms with Crippen molar-refractivity contribution >= 4 is 5.97 Å². The first-order valence-electron chi connectivity index (χ1n) is 13.6. The third-order valence-corrected chi connectivity index (χ3v) is 6.15. The zero-order chi connectivity index (χ0) is 22.0. The van der Waals surface area contributed by atoms with Gasteiger partial charge in [-0.05, 0) is 32.1 Å². The fourth-order valence-electron chi connectivity index (χ4n) is 4.11. The van der Waals surface area contributed by atoms with Crippen LogP contribution >= 0.6 is 0 Å². The highest BCUT2D eigenvalue weighted by atomic mass is 16.4. The maximum Gasteiger partial charge on any atom is 0.303 e. The monoisotopic (exact) mass is 422 g/mol. The van der Waals surface area contributed by atoms with Gasteiger partial charge in [-0.3, -0.25) is 4.79 Å². The van der Waals surface area contributed by atoms with Crippen molar-refractivity contribution in [3.05, 3.63) is 12.2 Å². The van der Waals surface area contributed by atoms with E-state index >= 15 is 0 Å². The molecule has 2 heteroatoms. The zero-order valence-electron chi connectivity index (χ0n) is 20.5. The molecule has 0 atom stereocenters. The van der Waals surface area contributed by atoms with Crippen LogP contribution in [0.4, 0.5) is 0 Å². The van der Waals surface area contributed by atoms with E-state index in [4.69, 9.17) is 5.11 Å². The van der Waals surface area contributed by atoms with E-state index in [0.717, 1.165) is 12.8 Å². The van der Waals surface area contributed by atoms with Gasteiger partial charge in [-0.15, -0.1) is 0 Å². The van der Waals surface area contributed by atoms with Crippen molar-refractivity contribution in [2.24, 2.45) is 0 Å². The van der Waals surface area contributed by atoms with Gasteiger partial charge in [-0.2, -0.15) is 0 Å². The Morgan fingerprint density at radius 2 is 0.800 bits per heavy atom. The molecule has 0 heterocycles. The lowest BCUT2D eigenvalue weighted by Crippen LogP contribution is -1.93. The van der Waals surface area contributed by atoms with Gasteiger partial charge >= 0.3 is 5.97 Å². The molecule has 0 unspecified atom stereocenters. The molecular weight excluding hydrogens is 368 g/mol.